The van der Waals surface area contributed by atoms with Gasteiger partial charge >= 0.3 is 6.09 Å². The van der Waals surface area contributed by atoms with Crippen molar-refractivity contribution in [3.05, 3.63) is 64.7 Å². The number of nitrogens with one attached hydrogen (secondary N) is 2. The maximum absolute atomic E-state index is 13.7. The average molecular weight is 500 g/mol. The van der Waals surface area contributed by atoms with Crippen molar-refractivity contribution in [2.45, 2.75) is 66.2 Å². The molecule has 0 aliphatic rings. The number of thiol groups is 1. The third-order valence-corrected chi connectivity index (χ3v) is 5.85. The van der Waals surface area contributed by atoms with E-state index in [9.17, 15) is 14.4 Å². The molecule has 0 spiro atoms. The number of hydrogen-bond acceptors (Lipinski definition) is 5. The molecule has 0 bridgehead atoms. The van der Waals surface area contributed by atoms with Gasteiger partial charge in [-0.1, -0.05) is 42.0 Å². The molecule has 8 heteroatoms. The van der Waals surface area contributed by atoms with E-state index in [4.69, 9.17) is 4.74 Å². The Kier molecular flexibility index (Phi) is 9.77. The molecule has 2 atom stereocenters. The zero-order valence-corrected chi connectivity index (χ0v) is 22.5. The zero-order valence-electron chi connectivity index (χ0n) is 21.6. The number of amides is 3. The maximum Gasteiger partial charge on any atom is 0.408 e. The van der Waals surface area contributed by atoms with Crippen molar-refractivity contribution in [3.63, 3.8) is 0 Å². The summed E-state index contributed by atoms with van der Waals surface area (Å²) in [4.78, 5) is 41.2. The van der Waals surface area contributed by atoms with E-state index in [-0.39, 0.29) is 18.2 Å². The Morgan fingerprint density at radius 2 is 1.69 bits per heavy atom. The first-order valence-corrected chi connectivity index (χ1v) is 12.4. The fraction of sp³-hybridized carbons (Fsp3) is 0.444. The first kappa shape index (κ1) is 28.2. The van der Waals surface area contributed by atoms with Crippen LogP contribution < -0.4 is 10.6 Å². The lowest BCUT2D eigenvalue weighted by Crippen LogP contribution is -2.53. The molecule has 2 unspecified atom stereocenters. The predicted octanol–water partition coefficient (Wildman–Crippen LogP) is 4.96. The van der Waals surface area contributed by atoms with Crippen LogP contribution in [0.5, 0.6) is 0 Å². The van der Waals surface area contributed by atoms with E-state index in [1.54, 1.807) is 27.7 Å². The van der Waals surface area contributed by atoms with Gasteiger partial charge in [0.25, 0.3) is 5.91 Å². The molecule has 2 N–H and O–H groups in total. The van der Waals surface area contributed by atoms with Crippen molar-refractivity contribution >= 4 is 36.2 Å². The normalized spacial score (nSPS) is 12.9. The summed E-state index contributed by atoms with van der Waals surface area (Å²) in [5.74, 6) is -0.703. The zero-order chi connectivity index (χ0) is 26.3. The topological polar surface area (TPSA) is 87.7 Å². The summed E-state index contributed by atoms with van der Waals surface area (Å²) in [7, 11) is 0. The molecule has 0 aliphatic heterocycles. The summed E-state index contributed by atoms with van der Waals surface area (Å²) in [5, 5.41) is 5.60. The highest BCUT2D eigenvalue weighted by Crippen LogP contribution is 2.28. The third kappa shape index (κ3) is 7.75. The monoisotopic (exact) mass is 499 g/mol. The van der Waals surface area contributed by atoms with Crippen LogP contribution in [0.15, 0.2) is 42.5 Å². The van der Waals surface area contributed by atoms with Crippen LogP contribution in [-0.2, 0) is 14.3 Å². The Labute approximate surface area is 214 Å². The summed E-state index contributed by atoms with van der Waals surface area (Å²) >= 11 is 4.29. The van der Waals surface area contributed by atoms with Gasteiger partial charge in [0.2, 0.25) is 5.91 Å². The largest absolute Gasteiger partial charge is 0.444 e. The summed E-state index contributed by atoms with van der Waals surface area (Å²) in [5.41, 5.74) is 3.45. The SMILES string of the molecule is CCN(C(=O)C(CS)NC(=O)OC(C)(C)C)C(C(=O)Nc1ccccc1C)c1cc(C)ccc1C. The molecular weight excluding hydrogens is 462 g/mol. The molecule has 2 aromatic rings. The Morgan fingerprint density at radius 3 is 2.26 bits per heavy atom. The second-order valence-electron chi connectivity index (χ2n) is 9.57. The number of carbonyl (C=O) groups excluding carboxylic acids is 3. The number of aryl methyl sites for hydroxylation is 3. The summed E-state index contributed by atoms with van der Waals surface area (Å²) in [6.45, 7) is 13.1. The quantitative estimate of drug-likeness (QED) is 0.448. The van der Waals surface area contributed by atoms with Gasteiger partial charge in [-0.25, -0.2) is 4.79 Å². The highest BCUT2D eigenvalue weighted by atomic mass is 32.1. The number of ether oxygens (including phenoxy) is 1. The van der Waals surface area contributed by atoms with Gasteiger partial charge in [-0.15, -0.1) is 0 Å². The smallest absolute Gasteiger partial charge is 0.408 e. The van der Waals surface area contributed by atoms with E-state index >= 15 is 0 Å². The molecule has 3 amide bonds. The number of benzene rings is 2. The van der Waals surface area contributed by atoms with Gasteiger partial charge in [-0.05, 0) is 71.2 Å². The highest BCUT2D eigenvalue weighted by molar-refractivity contribution is 7.80. The number of nitrogens with zero attached hydrogens (tertiary/aromatic N) is 1. The number of carbonyl (C=O) groups is 3. The second-order valence-corrected chi connectivity index (χ2v) is 9.94. The van der Waals surface area contributed by atoms with Crippen molar-refractivity contribution in [3.8, 4) is 0 Å². The van der Waals surface area contributed by atoms with Gasteiger partial charge < -0.3 is 20.3 Å². The number of anilines is 1. The standard InChI is InChI=1S/C27H37N3O4S/c1-8-30(25(32)22(16-35)29-26(33)34-27(5,6)7)23(20-15-17(2)13-14-18(20)3)24(31)28-21-12-10-9-11-19(21)4/h9-15,22-23,35H,8,16H2,1-7H3,(H,28,31)(H,29,33). The lowest BCUT2D eigenvalue weighted by Gasteiger charge is -2.34. The molecule has 190 valence electrons. The number of alkyl carbamates (subject to hydrolysis) is 1. The van der Waals surface area contributed by atoms with Crippen LogP contribution in [-0.4, -0.2) is 46.7 Å². The van der Waals surface area contributed by atoms with Crippen LogP contribution in [0.3, 0.4) is 0 Å². The van der Waals surface area contributed by atoms with Gasteiger partial charge in [0.1, 0.15) is 17.7 Å². The van der Waals surface area contributed by atoms with E-state index in [0.717, 1.165) is 22.3 Å². The molecule has 2 aromatic carbocycles. The van der Waals surface area contributed by atoms with Gasteiger partial charge in [-0.3, -0.25) is 9.59 Å². The number of hydrogen-bond donors (Lipinski definition) is 3. The summed E-state index contributed by atoms with van der Waals surface area (Å²) in [6.07, 6.45) is -0.714. The van der Waals surface area contributed by atoms with Crippen LogP contribution >= 0.6 is 12.6 Å². The Morgan fingerprint density at radius 1 is 1.03 bits per heavy atom. The first-order chi connectivity index (χ1) is 16.4. The maximum atomic E-state index is 13.7. The fourth-order valence-corrected chi connectivity index (χ4v) is 3.97. The van der Waals surface area contributed by atoms with Crippen molar-refractivity contribution in [2.24, 2.45) is 0 Å². The van der Waals surface area contributed by atoms with Crippen molar-refractivity contribution in [1.82, 2.24) is 10.2 Å². The van der Waals surface area contributed by atoms with Crippen LogP contribution in [0.25, 0.3) is 0 Å². The van der Waals surface area contributed by atoms with Crippen molar-refractivity contribution in [2.75, 3.05) is 17.6 Å². The van der Waals surface area contributed by atoms with Crippen molar-refractivity contribution < 1.29 is 19.1 Å². The fourth-order valence-electron chi connectivity index (χ4n) is 3.72. The minimum absolute atomic E-state index is 0.0491. The minimum Gasteiger partial charge on any atom is -0.444 e. The molecular formula is C27H37N3O4S. The molecule has 2 rings (SSSR count). The van der Waals surface area contributed by atoms with E-state index in [2.05, 4.69) is 23.3 Å². The molecule has 7 nitrogen and oxygen atoms in total. The average Bonchev–Trinajstić information content (AvgIpc) is 2.77. The molecule has 0 saturated heterocycles. The predicted molar refractivity (Wildman–Crippen MR) is 143 cm³/mol. The van der Waals surface area contributed by atoms with Gasteiger partial charge in [0, 0.05) is 18.0 Å². The molecule has 0 aliphatic carbocycles. The lowest BCUT2D eigenvalue weighted by molar-refractivity contribution is -0.140. The molecule has 35 heavy (non-hydrogen) atoms. The number of rotatable bonds is 8. The summed E-state index contributed by atoms with van der Waals surface area (Å²) in [6, 6.07) is 11.4. The Hall–Kier alpha value is -3.00. The molecule has 0 saturated carbocycles. The van der Waals surface area contributed by atoms with Gasteiger partial charge in [0.05, 0.1) is 0 Å². The van der Waals surface area contributed by atoms with E-state index in [1.165, 1.54) is 4.90 Å². The molecule has 0 heterocycles. The molecule has 0 radical (unpaired) electrons. The van der Waals surface area contributed by atoms with Crippen molar-refractivity contribution in [1.29, 1.82) is 0 Å². The Bertz CT molecular complexity index is 1060. The summed E-state index contributed by atoms with van der Waals surface area (Å²) < 4.78 is 5.32. The van der Waals surface area contributed by atoms with E-state index < -0.39 is 29.7 Å². The third-order valence-electron chi connectivity index (χ3n) is 5.49. The van der Waals surface area contributed by atoms with Crippen LogP contribution in [0.2, 0.25) is 0 Å². The van der Waals surface area contributed by atoms with Crippen LogP contribution in [0.1, 0.15) is 56.0 Å². The van der Waals surface area contributed by atoms with Gasteiger partial charge in [-0.2, -0.15) is 12.6 Å². The second kappa shape index (κ2) is 12.1. The minimum atomic E-state index is -0.966. The van der Waals surface area contributed by atoms with Gasteiger partial charge in [0.15, 0.2) is 0 Å². The number of para-hydroxylation sites is 1. The highest BCUT2D eigenvalue weighted by Gasteiger charge is 2.36. The Balaban J connectivity index is 2.46. The van der Waals surface area contributed by atoms with E-state index in [0.29, 0.717) is 5.69 Å². The van der Waals surface area contributed by atoms with Crippen LogP contribution in [0.4, 0.5) is 10.5 Å². The molecule has 0 aromatic heterocycles. The van der Waals surface area contributed by atoms with E-state index in [1.807, 2.05) is 63.2 Å². The number of likely N-dealkylation sites (N-methyl/N-ethyl adjacent to an activating group) is 1. The van der Waals surface area contributed by atoms with Crippen LogP contribution in [0, 0.1) is 20.8 Å². The first-order valence-electron chi connectivity index (χ1n) is 11.7. The molecule has 0 fully saturated rings. The lowest BCUT2D eigenvalue weighted by atomic mass is 9.96.